The van der Waals surface area contributed by atoms with E-state index in [0.29, 0.717) is 18.8 Å². The van der Waals surface area contributed by atoms with Crippen LogP contribution in [0.1, 0.15) is 56.6 Å². The highest BCUT2D eigenvalue weighted by Crippen LogP contribution is 2.60. The summed E-state index contributed by atoms with van der Waals surface area (Å²) in [6.45, 7) is 6.83. The molecule has 1 aromatic rings. The summed E-state index contributed by atoms with van der Waals surface area (Å²) in [5.74, 6) is 0.882. The van der Waals surface area contributed by atoms with Crippen molar-refractivity contribution in [1.82, 2.24) is 0 Å². The highest BCUT2D eigenvalue weighted by atomic mass is 16.5. The van der Waals surface area contributed by atoms with Gasteiger partial charge in [0, 0.05) is 30.9 Å². The molecule has 0 aromatic heterocycles. The topological polar surface area (TPSA) is 79.2 Å². The Balaban J connectivity index is 1.66. The smallest absolute Gasteiger partial charge is 0.165 e. The van der Waals surface area contributed by atoms with Gasteiger partial charge >= 0.3 is 0 Å². The Morgan fingerprint density at radius 1 is 1.27 bits per heavy atom. The molecule has 0 radical (unpaired) electrons. The molecule has 6 heteroatoms. The van der Waals surface area contributed by atoms with Gasteiger partial charge in [0.2, 0.25) is 0 Å². The molecule has 7 atom stereocenters. The second kappa shape index (κ2) is 7.09. The molecule has 0 spiro atoms. The fraction of sp³-hybridized carbons (Fsp3) is 0.750. The number of aliphatic hydroxyl groups is 2. The van der Waals surface area contributed by atoms with Gasteiger partial charge in [-0.3, -0.25) is 0 Å². The third-order valence-electron chi connectivity index (χ3n) is 8.33. The van der Waals surface area contributed by atoms with Crippen molar-refractivity contribution in [2.75, 3.05) is 26.7 Å². The fourth-order valence-corrected chi connectivity index (χ4v) is 6.52. The monoisotopic (exact) mass is 418 g/mol. The van der Waals surface area contributed by atoms with Gasteiger partial charge in [-0.2, -0.15) is 0 Å². The van der Waals surface area contributed by atoms with Gasteiger partial charge in [0.15, 0.2) is 17.1 Å². The van der Waals surface area contributed by atoms with Crippen molar-refractivity contribution in [3.63, 3.8) is 0 Å². The molecule has 2 unspecified atom stereocenters. The summed E-state index contributed by atoms with van der Waals surface area (Å²) < 4.78 is 13.2. The van der Waals surface area contributed by atoms with Crippen molar-refractivity contribution >= 4 is 0 Å². The second-order valence-electron chi connectivity index (χ2n) is 10.2. The van der Waals surface area contributed by atoms with Crippen LogP contribution in [0.4, 0.5) is 0 Å². The number of quaternary nitrogens is 1. The molecule has 166 valence electrons. The molecule has 2 fully saturated rings. The van der Waals surface area contributed by atoms with Gasteiger partial charge in [-0.15, -0.1) is 0 Å². The van der Waals surface area contributed by atoms with Crippen LogP contribution in [0.2, 0.25) is 0 Å². The second-order valence-corrected chi connectivity index (χ2v) is 10.2. The predicted molar refractivity (Wildman–Crippen MR) is 113 cm³/mol. The lowest BCUT2D eigenvalue weighted by Gasteiger charge is -2.58. The Morgan fingerprint density at radius 3 is 2.70 bits per heavy atom. The first kappa shape index (κ1) is 20.6. The lowest BCUT2D eigenvalue weighted by molar-refractivity contribution is -0.941. The van der Waals surface area contributed by atoms with Crippen LogP contribution in [0.15, 0.2) is 12.1 Å². The standard InChI is InChI=1S/C24H35NO5/c1-4-10-29-19-12-17(27)23-21-20-15(8-9-16(26)22(20)30-23)11-18(24(19,21)28)25(3,5-2)13-14-6-7-14/h8-9,14,17-19,21,23,27-28H,4-7,10-13H2,1-3H3/p+1/t17-,18-,19+,21?,23+,24+,25?/m1/s1. The zero-order valence-electron chi connectivity index (χ0n) is 18.4. The Morgan fingerprint density at radius 2 is 2.03 bits per heavy atom. The van der Waals surface area contributed by atoms with Gasteiger partial charge in [0.25, 0.3) is 0 Å². The average Bonchev–Trinajstić information content (AvgIpc) is 3.43. The van der Waals surface area contributed by atoms with E-state index < -0.39 is 23.9 Å². The zero-order chi connectivity index (χ0) is 21.3. The van der Waals surface area contributed by atoms with Crippen LogP contribution < -0.4 is 4.74 Å². The van der Waals surface area contributed by atoms with E-state index in [4.69, 9.17) is 9.47 Å². The average molecular weight is 419 g/mol. The number of phenolic OH excluding ortho intramolecular Hbond substituents is 1. The van der Waals surface area contributed by atoms with Gasteiger partial charge in [0.05, 0.1) is 38.3 Å². The van der Waals surface area contributed by atoms with Crippen LogP contribution in [0.25, 0.3) is 0 Å². The molecule has 0 saturated heterocycles. The first-order chi connectivity index (χ1) is 14.3. The number of likely N-dealkylation sites (N-methyl/N-ethyl adjacent to an activating group) is 1. The minimum atomic E-state index is -1.15. The summed E-state index contributed by atoms with van der Waals surface area (Å²) in [4.78, 5) is 0. The molecule has 6 nitrogen and oxygen atoms in total. The Hall–Kier alpha value is -1.34. The van der Waals surface area contributed by atoms with Crippen LogP contribution in [0, 0.1) is 5.92 Å². The van der Waals surface area contributed by atoms with Crippen molar-refractivity contribution in [2.24, 2.45) is 5.92 Å². The van der Waals surface area contributed by atoms with Gasteiger partial charge in [-0.25, -0.2) is 0 Å². The van der Waals surface area contributed by atoms with E-state index >= 15 is 0 Å². The Labute approximate surface area is 179 Å². The summed E-state index contributed by atoms with van der Waals surface area (Å²) in [7, 11) is 2.28. The van der Waals surface area contributed by atoms with Crippen LogP contribution in [-0.2, 0) is 11.2 Å². The highest BCUT2D eigenvalue weighted by molar-refractivity contribution is 5.58. The number of aliphatic hydroxyl groups excluding tert-OH is 1. The van der Waals surface area contributed by atoms with Crippen LogP contribution in [0.5, 0.6) is 11.5 Å². The summed E-state index contributed by atoms with van der Waals surface area (Å²) >= 11 is 0. The molecule has 4 aliphatic rings. The Bertz CT molecular complexity index is 826. The first-order valence-corrected chi connectivity index (χ1v) is 11.7. The Kier molecular flexibility index (Phi) is 4.86. The van der Waals surface area contributed by atoms with E-state index in [1.807, 2.05) is 6.07 Å². The van der Waals surface area contributed by atoms with E-state index in [1.54, 1.807) is 6.07 Å². The summed E-state index contributed by atoms with van der Waals surface area (Å²) in [6, 6.07) is 3.63. The predicted octanol–water partition coefficient (Wildman–Crippen LogP) is 2.33. The maximum atomic E-state index is 12.6. The number of rotatable bonds is 7. The van der Waals surface area contributed by atoms with Crippen molar-refractivity contribution in [1.29, 1.82) is 0 Å². The molecule has 1 heterocycles. The normalized spacial score (nSPS) is 38.6. The van der Waals surface area contributed by atoms with Crippen LogP contribution in [0.3, 0.4) is 0 Å². The summed E-state index contributed by atoms with van der Waals surface area (Å²) in [5, 5.41) is 34.0. The van der Waals surface area contributed by atoms with E-state index in [1.165, 1.54) is 12.8 Å². The van der Waals surface area contributed by atoms with Crippen LogP contribution >= 0.6 is 0 Å². The third kappa shape index (κ3) is 2.84. The zero-order valence-corrected chi connectivity index (χ0v) is 18.4. The molecule has 0 bridgehead atoms. The van der Waals surface area contributed by atoms with Gasteiger partial charge in [-0.05, 0) is 37.8 Å². The van der Waals surface area contributed by atoms with Gasteiger partial charge < -0.3 is 29.3 Å². The molecule has 1 aromatic carbocycles. The molecule has 3 aliphatic carbocycles. The third-order valence-corrected chi connectivity index (χ3v) is 8.33. The SMILES string of the molecule is CCCO[C@H]1C[C@@H](O)[C@@H]2Oc3c(O)ccc4c3C2[C@]1(O)[C@H]([N+](C)(CC)CC1CC1)C4. The van der Waals surface area contributed by atoms with Crippen molar-refractivity contribution in [3.8, 4) is 11.5 Å². The maximum Gasteiger partial charge on any atom is 0.165 e. The number of hydrogen-bond donors (Lipinski definition) is 3. The quantitative estimate of drug-likeness (QED) is 0.593. The molecule has 3 N–H and O–H groups in total. The number of aromatic hydroxyl groups is 1. The van der Waals surface area contributed by atoms with Gasteiger partial charge in [-0.1, -0.05) is 13.0 Å². The van der Waals surface area contributed by atoms with E-state index in [0.717, 1.165) is 47.5 Å². The molecule has 1 aliphatic heterocycles. The number of nitrogens with zero attached hydrogens (tertiary/aromatic N) is 1. The molecule has 5 rings (SSSR count). The first-order valence-electron chi connectivity index (χ1n) is 11.7. The van der Waals surface area contributed by atoms with Gasteiger partial charge in [0.1, 0.15) is 12.1 Å². The molecule has 0 amide bonds. The molecule has 30 heavy (non-hydrogen) atoms. The number of phenols is 1. The molecule has 2 saturated carbocycles. The van der Waals surface area contributed by atoms with Crippen molar-refractivity contribution in [3.05, 3.63) is 23.3 Å². The maximum absolute atomic E-state index is 12.6. The summed E-state index contributed by atoms with van der Waals surface area (Å²) in [5.41, 5.74) is 0.865. The largest absolute Gasteiger partial charge is 0.504 e. The number of hydrogen-bond acceptors (Lipinski definition) is 5. The van der Waals surface area contributed by atoms with Crippen molar-refractivity contribution < 1.29 is 29.3 Å². The summed E-state index contributed by atoms with van der Waals surface area (Å²) in [6.07, 6.45) is 2.76. The fourth-order valence-electron chi connectivity index (χ4n) is 6.52. The van der Waals surface area contributed by atoms with E-state index in [9.17, 15) is 15.3 Å². The van der Waals surface area contributed by atoms with E-state index in [-0.39, 0.29) is 17.7 Å². The lowest BCUT2D eigenvalue weighted by Crippen LogP contribution is -2.75. The molecular formula is C24H36NO5+. The van der Waals surface area contributed by atoms with Crippen LogP contribution in [-0.4, -0.2) is 76.5 Å². The van der Waals surface area contributed by atoms with Crippen molar-refractivity contribution in [2.45, 2.75) is 81.8 Å². The molecular weight excluding hydrogens is 382 g/mol. The number of ether oxygens (including phenoxy) is 2. The lowest BCUT2D eigenvalue weighted by atomic mass is 9.59. The highest BCUT2D eigenvalue weighted by Gasteiger charge is 2.69. The number of benzene rings is 1. The minimum Gasteiger partial charge on any atom is -0.504 e. The van der Waals surface area contributed by atoms with E-state index in [2.05, 4.69) is 20.9 Å². The minimum absolute atomic E-state index is 0.0449.